The Labute approximate surface area is 133 Å². The molecule has 1 heterocycles. The van der Waals surface area contributed by atoms with Crippen molar-refractivity contribution in [2.24, 2.45) is 11.8 Å². The summed E-state index contributed by atoms with van der Waals surface area (Å²) in [6.07, 6.45) is 9.26. The van der Waals surface area contributed by atoms with Gasteiger partial charge in [0, 0.05) is 24.4 Å². The normalized spacial score (nSPS) is 43.3. The van der Waals surface area contributed by atoms with Crippen molar-refractivity contribution in [1.29, 1.82) is 0 Å². The zero-order valence-electron chi connectivity index (χ0n) is 13.8. The van der Waals surface area contributed by atoms with Gasteiger partial charge in [-0.3, -0.25) is 4.79 Å². The molecule has 0 aromatic rings. The van der Waals surface area contributed by atoms with Crippen LogP contribution in [0.25, 0.3) is 0 Å². The van der Waals surface area contributed by atoms with Crippen molar-refractivity contribution >= 4 is 5.91 Å². The first-order valence-electron chi connectivity index (χ1n) is 9.20. The number of amides is 1. The quantitative estimate of drug-likeness (QED) is 0.824. The monoisotopic (exact) mass is 309 g/mol. The molecule has 0 radical (unpaired) electrons. The van der Waals surface area contributed by atoms with Crippen molar-refractivity contribution in [3.63, 3.8) is 0 Å². The van der Waals surface area contributed by atoms with Crippen LogP contribution in [0.5, 0.6) is 0 Å². The lowest BCUT2D eigenvalue weighted by Gasteiger charge is -2.44. The van der Waals surface area contributed by atoms with E-state index in [4.69, 9.17) is 0 Å². The van der Waals surface area contributed by atoms with E-state index < -0.39 is 5.60 Å². The maximum absolute atomic E-state index is 12.9. The topological polar surface area (TPSA) is 60.8 Å². The minimum atomic E-state index is -0.617. The number of nitrogens with zero attached hydrogens (tertiary/aromatic N) is 1. The van der Waals surface area contributed by atoms with E-state index in [0.29, 0.717) is 0 Å². The highest BCUT2D eigenvalue weighted by Gasteiger charge is 2.45. The molecule has 0 aromatic carbocycles. The fourth-order valence-corrected chi connectivity index (χ4v) is 4.99. The van der Waals surface area contributed by atoms with Crippen molar-refractivity contribution in [3.05, 3.63) is 0 Å². The largest absolute Gasteiger partial charge is 0.393 e. The predicted molar refractivity (Wildman–Crippen MR) is 85.3 cm³/mol. The average molecular weight is 309 g/mol. The SMILES string of the molecule is CC1(O)CCCCC1C1CCCN1C(=O)C1CCC(O)CC1. The van der Waals surface area contributed by atoms with Crippen LogP contribution in [0.4, 0.5) is 0 Å². The van der Waals surface area contributed by atoms with Crippen LogP contribution in [-0.4, -0.2) is 45.3 Å². The lowest BCUT2D eigenvalue weighted by molar-refractivity contribution is -0.142. The second-order valence-electron chi connectivity index (χ2n) is 7.96. The van der Waals surface area contributed by atoms with Crippen LogP contribution in [-0.2, 0) is 4.79 Å². The summed E-state index contributed by atoms with van der Waals surface area (Å²) in [4.78, 5) is 15.0. The first kappa shape index (κ1) is 16.3. The Morgan fingerprint density at radius 1 is 1.05 bits per heavy atom. The summed E-state index contributed by atoms with van der Waals surface area (Å²) in [5, 5.41) is 20.4. The van der Waals surface area contributed by atoms with Gasteiger partial charge in [-0.25, -0.2) is 0 Å². The molecule has 2 saturated carbocycles. The number of rotatable bonds is 2. The van der Waals surface area contributed by atoms with E-state index in [1.54, 1.807) is 0 Å². The van der Waals surface area contributed by atoms with E-state index in [1.165, 1.54) is 6.42 Å². The molecule has 2 aliphatic carbocycles. The van der Waals surface area contributed by atoms with Crippen molar-refractivity contribution < 1.29 is 15.0 Å². The molecular weight excluding hydrogens is 278 g/mol. The van der Waals surface area contributed by atoms with Crippen LogP contribution in [0.1, 0.15) is 71.1 Å². The number of carbonyl (C=O) groups is 1. The third kappa shape index (κ3) is 3.18. The second kappa shape index (κ2) is 6.48. The summed E-state index contributed by atoms with van der Waals surface area (Å²) >= 11 is 0. The number of aliphatic hydroxyl groups excluding tert-OH is 1. The van der Waals surface area contributed by atoms with E-state index in [2.05, 4.69) is 4.90 Å². The van der Waals surface area contributed by atoms with Gasteiger partial charge in [0.1, 0.15) is 0 Å². The van der Waals surface area contributed by atoms with E-state index in [0.717, 1.165) is 64.3 Å². The highest BCUT2D eigenvalue weighted by molar-refractivity contribution is 5.79. The third-order valence-electron chi connectivity index (χ3n) is 6.34. The molecule has 1 amide bonds. The van der Waals surface area contributed by atoms with Crippen molar-refractivity contribution in [2.75, 3.05) is 6.54 Å². The van der Waals surface area contributed by atoms with Gasteiger partial charge in [-0.2, -0.15) is 0 Å². The Bertz CT molecular complexity index is 401. The third-order valence-corrected chi connectivity index (χ3v) is 6.34. The minimum absolute atomic E-state index is 0.0949. The van der Waals surface area contributed by atoms with Gasteiger partial charge in [0.05, 0.1) is 11.7 Å². The molecule has 3 rings (SSSR count). The fourth-order valence-electron chi connectivity index (χ4n) is 4.99. The Kier molecular flexibility index (Phi) is 4.79. The van der Waals surface area contributed by atoms with Crippen LogP contribution >= 0.6 is 0 Å². The minimum Gasteiger partial charge on any atom is -0.393 e. The van der Waals surface area contributed by atoms with Crippen LogP contribution in [0, 0.1) is 11.8 Å². The molecule has 1 saturated heterocycles. The van der Waals surface area contributed by atoms with E-state index in [-0.39, 0.29) is 29.9 Å². The maximum atomic E-state index is 12.9. The summed E-state index contributed by atoms with van der Waals surface area (Å²) in [6.45, 7) is 2.82. The number of hydrogen-bond acceptors (Lipinski definition) is 3. The van der Waals surface area contributed by atoms with Crippen LogP contribution < -0.4 is 0 Å². The molecule has 0 spiro atoms. The molecular formula is C18H31NO3. The van der Waals surface area contributed by atoms with E-state index >= 15 is 0 Å². The standard InChI is InChI=1S/C18H31NO3/c1-18(22)11-3-2-5-15(18)16-6-4-12-19(16)17(21)13-7-9-14(20)10-8-13/h13-16,20,22H,2-12H2,1H3. The molecule has 3 atom stereocenters. The van der Waals surface area contributed by atoms with Gasteiger partial charge < -0.3 is 15.1 Å². The molecule has 2 N–H and O–H groups in total. The molecule has 126 valence electrons. The highest BCUT2D eigenvalue weighted by atomic mass is 16.3. The molecule has 22 heavy (non-hydrogen) atoms. The van der Waals surface area contributed by atoms with Gasteiger partial charge in [-0.05, 0) is 58.3 Å². The zero-order chi connectivity index (χ0) is 15.7. The molecule has 3 fully saturated rings. The summed E-state index contributed by atoms with van der Waals surface area (Å²) in [5.74, 6) is 0.621. The van der Waals surface area contributed by atoms with Gasteiger partial charge >= 0.3 is 0 Å². The molecule has 4 nitrogen and oxygen atoms in total. The molecule has 3 unspecified atom stereocenters. The van der Waals surface area contributed by atoms with Gasteiger partial charge in [-0.15, -0.1) is 0 Å². The van der Waals surface area contributed by atoms with Gasteiger partial charge in [0.25, 0.3) is 0 Å². The summed E-state index contributed by atoms with van der Waals surface area (Å²) < 4.78 is 0. The molecule has 4 heteroatoms. The number of carbonyl (C=O) groups excluding carboxylic acids is 1. The molecule has 1 aliphatic heterocycles. The predicted octanol–water partition coefficient (Wildman–Crippen LogP) is 2.47. The Morgan fingerprint density at radius 2 is 1.77 bits per heavy atom. The van der Waals surface area contributed by atoms with Crippen molar-refractivity contribution in [1.82, 2.24) is 4.90 Å². The maximum Gasteiger partial charge on any atom is 0.225 e. The second-order valence-corrected chi connectivity index (χ2v) is 7.96. The lowest BCUT2D eigenvalue weighted by atomic mass is 9.72. The van der Waals surface area contributed by atoms with Crippen LogP contribution in [0.15, 0.2) is 0 Å². The summed E-state index contributed by atoms with van der Waals surface area (Å²) in [6, 6.07) is 0.231. The molecule has 0 bridgehead atoms. The van der Waals surface area contributed by atoms with Gasteiger partial charge in [0.2, 0.25) is 5.91 Å². The van der Waals surface area contributed by atoms with Gasteiger partial charge in [-0.1, -0.05) is 12.8 Å². The van der Waals surface area contributed by atoms with Crippen LogP contribution in [0.3, 0.4) is 0 Å². The zero-order valence-corrected chi connectivity index (χ0v) is 13.8. The average Bonchev–Trinajstić information content (AvgIpc) is 2.96. The number of aliphatic hydroxyl groups is 2. The highest BCUT2D eigenvalue weighted by Crippen LogP contribution is 2.41. The smallest absolute Gasteiger partial charge is 0.225 e. The van der Waals surface area contributed by atoms with E-state index in [1.807, 2.05) is 6.92 Å². The summed E-state index contributed by atoms with van der Waals surface area (Å²) in [5.41, 5.74) is -0.617. The van der Waals surface area contributed by atoms with Crippen molar-refractivity contribution in [2.45, 2.75) is 88.9 Å². The Balaban J connectivity index is 1.68. The first-order chi connectivity index (χ1) is 10.5. The number of hydrogen-bond donors (Lipinski definition) is 2. The van der Waals surface area contributed by atoms with Gasteiger partial charge in [0.15, 0.2) is 0 Å². The van der Waals surface area contributed by atoms with Crippen LogP contribution in [0.2, 0.25) is 0 Å². The number of likely N-dealkylation sites (tertiary alicyclic amines) is 1. The van der Waals surface area contributed by atoms with E-state index in [9.17, 15) is 15.0 Å². The Morgan fingerprint density at radius 3 is 2.45 bits per heavy atom. The Hall–Kier alpha value is -0.610. The van der Waals surface area contributed by atoms with Crippen molar-refractivity contribution in [3.8, 4) is 0 Å². The lowest BCUT2D eigenvalue weighted by Crippen LogP contribution is -2.51. The fraction of sp³-hybridized carbons (Fsp3) is 0.944. The molecule has 3 aliphatic rings. The first-order valence-corrected chi connectivity index (χ1v) is 9.20. The summed E-state index contributed by atoms with van der Waals surface area (Å²) in [7, 11) is 0. The molecule has 0 aromatic heterocycles.